The van der Waals surface area contributed by atoms with Crippen molar-refractivity contribution in [3.05, 3.63) is 24.3 Å². The summed E-state index contributed by atoms with van der Waals surface area (Å²) in [5.41, 5.74) is 5.09. The molecule has 0 saturated heterocycles. The van der Waals surface area contributed by atoms with Crippen molar-refractivity contribution in [3.63, 3.8) is 0 Å². The number of nitrogens with two attached hydrogens (primary N) is 1. The monoisotopic (exact) mass is 431 g/mol. The summed E-state index contributed by atoms with van der Waals surface area (Å²) in [7, 11) is -14.5. The predicted octanol–water partition coefficient (Wildman–Crippen LogP) is -1.13. The van der Waals surface area contributed by atoms with Gasteiger partial charge in [0.1, 0.15) is 4.90 Å². The molecular formula is C10H11NNa2O9S3. The maximum absolute atomic E-state index is 11.4. The first-order valence-corrected chi connectivity index (χ1v) is 9.83. The number of rotatable bonds is 3. The van der Waals surface area contributed by atoms with Crippen LogP contribution in [0.2, 0.25) is 0 Å². The van der Waals surface area contributed by atoms with Gasteiger partial charge in [0.05, 0.1) is 9.79 Å². The fourth-order valence-corrected chi connectivity index (χ4v) is 3.89. The van der Waals surface area contributed by atoms with E-state index < -0.39 is 50.7 Å². The topological polar surface area (TPSA) is 189 Å². The molecule has 0 heterocycles. The van der Waals surface area contributed by atoms with E-state index in [4.69, 9.17) is 14.8 Å². The third kappa shape index (κ3) is 5.60. The first kappa shape index (κ1) is 25.2. The molecule has 15 heteroatoms. The van der Waals surface area contributed by atoms with Crippen LogP contribution < -0.4 is 5.73 Å². The summed E-state index contributed by atoms with van der Waals surface area (Å²) in [6.45, 7) is 0. The Kier molecular flexibility index (Phi) is 8.15. The predicted molar refractivity (Wildman–Crippen MR) is 92.1 cm³/mol. The molecule has 0 spiro atoms. The van der Waals surface area contributed by atoms with Gasteiger partial charge in [0.25, 0.3) is 30.4 Å². The second-order valence-electron chi connectivity index (χ2n) is 4.46. The van der Waals surface area contributed by atoms with Crippen LogP contribution in [0.3, 0.4) is 0 Å². The third-order valence-corrected chi connectivity index (χ3v) is 5.40. The van der Waals surface area contributed by atoms with Crippen LogP contribution in [0.25, 0.3) is 10.8 Å². The summed E-state index contributed by atoms with van der Waals surface area (Å²) in [6.07, 6.45) is 0. The van der Waals surface area contributed by atoms with Crippen molar-refractivity contribution < 1.29 is 38.9 Å². The molecule has 0 aliphatic rings. The molecule has 0 saturated carbocycles. The van der Waals surface area contributed by atoms with Gasteiger partial charge in [0.2, 0.25) is 0 Å². The number of hydrogen-bond acceptors (Lipinski definition) is 7. The molecule has 0 aromatic heterocycles. The molecule has 0 fully saturated rings. The van der Waals surface area contributed by atoms with Crippen molar-refractivity contribution in [2.24, 2.45) is 0 Å². The zero-order valence-corrected chi connectivity index (χ0v) is 13.4. The van der Waals surface area contributed by atoms with Crippen molar-refractivity contribution in [1.82, 2.24) is 0 Å². The van der Waals surface area contributed by atoms with Crippen LogP contribution in [-0.2, 0) is 30.4 Å². The van der Waals surface area contributed by atoms with E-state index in [1.165, 1.54) is 0 Å². The van der Waals surface area contributed by atoms with E-state index >= 15 is 0 Å². The molecule has 0 aliphatic heterocycles. The van der Waals surface area contributed by atoms with Crippen molar-refractivity contribution in [2.45, 2.75) is 14.7 Å². The van der Waals surface area contributed by atoms with Gasteiger partial charge in [-0.15, -0.1) is 0 Å². The standard InChI is InChI=1S/C10H9NO9S3.2Na.2H/c11-8-3-6(21(12,13)14)1-5-2-7(22(15,16)17)4-9(10(5)8)23(18,19)20;;;;/h1-4H,11H2,(H,12,13,14)(H,15,16,17)(H,18,19,20);;;;. The normalized spacial score (nSPS) is 12.3. The minimum atomic E-state index is -4.95. The molecule has 2 aromatic rings. The first-order valence-electron chi connectivity index (χ1n) is 5.51. The molecule has 0 radical (unpaired) electrons. The van der Waals surface area contributed by atoms with Crippen LogP contribution in [-0.4, -0.2) is 98.0 Å². The molecule has 0 amide bonds. The molecule has 2 rings (SSSR count). The number of hydrogen-bond donors (Lipinski definition) is 4. The molecule has 2 aromatic carbocycles. The Morgan fingerprint density at radius 2 is 1.08 bits per heavy atom. The number of anilines is 1. The minimum absolute atomic E-state index is 0. The van der Waals surface area contributed by atoms with Crippen LogP contribution in [0, 0.1) is 0 Å². The molecule has 10 nitrogen and oxygen atoms in total. The van der Waals surface area contributed by atoms with Gasteiger partial charge in [-0.2, -0.15) is 25.3 Å². The summed E-state index contributed by atoms with van der Waals surface area (Å²) in [4.78, 5) is -2.58. The second kappa shape index (κ2) is 8.08. The first-order chi connectivity index (χ1) is 10.2. The Morgan fingerprint density at radius 3 is 1.44 bits per heavy atom. The summed E-state index contributed by atoms with van der Waals surface area (Å²) in [5, 5.41) is -0.715. The zero-order chi connectivity index (χ0) is 17.8. The average molecular weight is 431 g/mol. The van der Waals surface area contributed by atoms with E-state index in [0.29, 0.717) is 6.07 Å². The fourth-order valence-electron chi connectivity index (χ4n) is 1.96. The van der Waals surface area contributed by atoms with Gasteiger partial charge in [-0.05, 0) is 29.7 Å². The summed E-state index contributed by atoms with van der Waals surface area (Å²) >= 11 is 0. The molecule has 130 valence electrons. The Labute approximate surface area is 187 Å². The zero-order valence-electron chi connectivity index (χ0n) is 10.9. The molecule has 0 aliphatic carbocycles. The van der Waals surface area contributed by atoms with Crippen molar-refractivity contribution >= 4 is 106 Å². The van der Waals surface area contributed by atoms with Gasteiger partial charge in [0, 0.05) is 11.1 Å². The van der Waals surface area contributed by atoms with E-state index in [9.17, 15) is 29.8 Å². The summed E-state index contributed by atoms with van der Waals surface area (Å²) in [5.74, 6) is 0. The second-order valence-corrected chi connectivity index (χ2v) is 8.69. The summed E-state index contributed by atoms with van der Waals surface area (Å²) < 4.78 is 94.8. The Morgan fingerprint density at radius 1 is 0.680 bits per heavy atom. The Bertz CT molecular complexity index is 1140. The van der Waals surface area contributed by atoms with E-state index in [1.54, 1.807) is 0 Å². The fraction of sp³-hybridized carbons (Fsp3) is 0. The van der Waals surface area contributed by atoms with Crippen LogP contribution in [0.5, 0.6) is 0 Å². The van der Waals surface area contributed by atoms with E-state index in [1.807, 2.05) is 0 Å². The SMILES string of the molecule is Nc1cc(S(=O)(=O)O)cc2cc(S(=O)(=O)O)cc(S(=O)(=O)O)c12.[NaH].[NaH]. The van der Waals surface area contributed by atoms with Gasteiger partial charge in [-0.1, -0.05) is 0 Å². The molecule has 0 unspecified atom stereocenters. The van der Waals surface area contributed by atoms with Crippen LogP contribution >= 0.6 is 0 Å². The molecule has 0 atom stereocenters. The number of nitrogen functional groups attached to an aromatic ring is 1. The van der Waals surface area contributed by atoms with E-state index in [-0.39, 0.29) is 69.9 Å². The molecule has 25 heavy (non-hydrogen) atoms. The van der Waals surface area contributed by atoms with Gasteiger partial charge < -0.3 is 5.73 Å². The van der Waals surface area contributed by atoms with Crippen molar-refractivity contribution in [2.75, 3.05) is 5.73 Å². The van der Waals surface area contributed by atoms with Crippen molar-refractivity contribution in [3.8, 4) is 0 Å². The Balaban J connectivity index is 0.00000288. The Hall–Kier alpha value is 0.230. The van der Waals surface area contributed by atoms with E-state index in [0.717, 1.165) is 18.2 Å². The number of fused-ring (bicyclic) bond motifs is 1. The van der Waals surface area contributed by atoms with E-state index in [2.05, 4.69) is 0 Å². The van der Waals surface area contributed by atoms with Crippen LogP contribution in [0.4, 0.5) is 5.69 Å². The van der Waals surface area contributed by atoms with Crippen LogP contribution in [0.15, 0.2) is 39.0 Å². The van der Waals surface area contributed by atoms with Crippen LogP contribution in [0.1, 0.15) is 0 Å². The third-order valence-electron chi connectivity index (χ3n) is 2.86. The average Bonchev–Trinajstić information content (AvgIpc) is 2.33. The summed E-state index contributed by atoms with van der Waals surface area (Å²) in [6, 6.07) is 2.69. The van der Waals surface area contributed by atoms with Gasteiger partial charge in [-0.3, -0.25) is 13.7 Å². The molecular weight excluding hydrogens is 420 g/mol. The molecule has 0 bridgehead atoms. The molecule has 5 N–H and O–H groups in total. The van der Waals surface area contributed by atoms with Gasteiger partial charge in [0.15, 0.2) is 0 Å². The van der Waals surface area contributed by atoms with Gasteiger partial charge in [-0.25, -0.2) is 0 Å². The van der Waals surface area contributed by atoms with Gasteiger partial charge >= 0.3 is 59.1 Å². The number of benzene rings is 2. The maximum atomic E-state index is 11.4. The quantitative estimate of drug-likeness (QED) is 0.263. The van der Waals surface area contributed by atoms with Crippen molar-refractivity contribution in [1.29, 1.82) is 0 Å².